The topological polar surface area (TPSA) is 87.7 Å². The standard InChI is InChI=1S/C26H43N3O4/c1-9-11-17-29(22(23(30)27-18(3)4)20-15-13-12-14-16-20)24(31)21(19(5)10-2)28-25(32)33-26(6,7)8/h12-16,18-19,21-22H,9-11,17H2,1-8H3,(H,27,30)(H,28,32). The van der Waals surface area contributed by atoms with Gasteiger partial charge in [-0.15, -0.1) is 0 Å². The first kappa shape index (κ1) is 28.5. The van der Waals surface area contributed by atoms with Crippen molar-refractivity contribution >= 4 is 17.9 Å². The fourth-order valence-corrected chi connectivity index (χ4v) is 3.46. The van der Waals surface area contributed by atoms with Gasteiger partial charge in [-0.2, -0.15) is 0 Å². The monoisotopic (exact) mass is 461 g/mol. The predicted molar refractivity (Wildman–Crippen MR) is 132 cm³/mol. The maximum absolute atomic E-state index is 13.9. The van der Waals surface area contributed by atoms with Crippen LogP contribution in [0.3, 0.4) is 0 Å². The maximum atomic E-state index is 13.9. The Hall–Kier alpha value is -2.57. The average Bonchev–Trinajstić information content (AvgIpc) is 2.72. The maximum Gasteiger partial charge on any atom is 0.408 e. The third kappa shape index (κ3) is 9.44. The Bertz CT molecular complexity index is 759. The number of carbonyl (C=O) groups is 3. The number of rotatable bonds is 11. The third-order valence-electron chi connectivity index (χ3n) is 5.29. The molecule has 0 saturated heterocycles. The van der Waals surface area contributed by atoms with Crippen LogP contribution in [0.5, 0.6) is 0 Å². The molecule has 3 unspecified atom stereocenters. The zero-order valence-corrected chi connectivity index (χ0v) is 21.6. The quantitative estimate of drug-likeness (QED) is 0.494. The molecule has 3 atom stereocenters. The van der Waals surface area contributed by atoms with Gasteiger partial charge in [-0.25, -0.2) is 4.79 Å². The van der Waals surface area contributed by atoms with Crippen LogP contribution in [0.25, 0.3) is 0 Å². The molecule has 0 heterocycles. The highest BCUT2D eigenvalue weighted by molar-refractivity contribution is 5.92. The van der Waals surface area contributed by atoms with Gasteiger partial charge in [0.05, 0.1) is 0 Å². The molecular formula is C26H43N3O4. The van der Waals surface area contributed by atoms with Crippen molar-refractivity contribution in [3.63, 3.8) is 0 Å². The summed E-state index contributed by atoms with van der Waals surface area (Å²) in [6.07, 6.45) is 1.65. The molecule has 0 aliphatic carbocycles. The van der Waals surface area contributed by atoms with E-state index in [1.807, 2.05) is 65.0 Å². The van der Waals surface area contributed by atoms with E-state index in [9.17, 15) is 14.4 Å². The molecule has 0 radical (unpaired) electrons. The molecule has 0 saturated carbocycles. The van der Waals surface area contributed by atoms with Crippen LogP contribution < -0.4 is 10.6 Å². The lowest BCUT2D eigenvalue weighted by Gasteiger charge is -2.36. The number of benzene rings is 1. The smallest absolute Gasteiger partial charge is 0.408 e. The first-order valence-electron chi connectivity index (χ1n) is 12.1. The van der Waals surface area contributed by atoms with Crippen LogP contribution in [0.15, 0.2) is 30.3 Å². The van der Waals surface area contributed by atoms with Crippen molar-refractivity contribution in [2.24, 2.45) is 5.92 Å². The number of hydrogen-bond acceptors (Lipinski definition) is 4. The van der Waals surface area contributed by atoms with Crippen molar-refractivity contribution in [3.05, 3.63) is 35.9 Å². The van der Waals surface area contributed by atoms with Crippen molar-refractivity contribution in [1.29, 1.82) is 0 Å². The minimum absolute atomic E-state index is 0.0721. The fraction of sp³-hybridized carbons (Fsp3) is 0.654. The van der Waals surface area contributed by atoms with Crippen molar-refractivity contribution in [2.75, 3.05) is 6.54 Å². The summed E-state index contributed by atoms with van der Waals surface area (Å²) in [5.41, 5.74) is 0.0546. The molecule has 0 fully saturated rings. The highest BCUT2D eigenvalue weighted by atomic mass is 16.6. The molecule has 1 aromatic rings. The van der Waals surface area contributed by atoms with Gasteiger partial charge in [0.1, 0.15) is 17.7 Å². The molecule has 33 heavy (non-hydrogen) atoms. The zero-order valence-electron chi connectivity index (χ0n) is 21.6. The number of nitrogens with zero attached hydrogens (tertiary/aromatic N) is 1. The first-order valence-corrected chi connectivity index (χ1v) is 12.1. The largest absolute Gasteiger partial charge is 0.444 e. The molecular weight excluding hydrogens is 418 g/mol. The molecule has 1 aromatic carbocycles. The van der Waals surface area contributed by atoms with Gasteiger partial charge in [0.15, 0.2) is 0 Å². The van der Waals surface area contributed by atoms with Gasteiger partial charge < -0.3 is 20.3 Å². The normalized spacial score (nSPS) is 14.2. The Morgan fingerprint density at radius 3 is 2.09 bits per heavy atom. The average molecular weight is 462 g/mol. The SMILES string of the molecule is CCCCN(C(=O)C(NC(=O)OC(C)(C)C)C(C)CC)C(C(=O)NC(C)C)c1ccccc1. The van der Waals surface area contributed by atoms with E-state index in [0.717, 1.165) is 18.4 Å². The van der Waals surface area contributed by atoms with Gasteiger partial charge in [-0.1, -0.05) is 63.9 Å². The summed E-state index contributed by atoms with van der Waals surface area (Å²) in [6, 6.07) is 7.64. The number of nitrogens with one attached hydrogen (secondary N) is 2. The van der Waals surface area contributed by atoms with E-state index in [1.54, 1.807) is 25.7 Å². The summed E-state index contributed by atoms with van der Waals surface area (Å²) < 4.78 is 5.42. The Balaban J connectivity index is 3.41. The van der Waals surface area contributed by atoms with Crippen molar-refractivity contribution in [2.45, 2.75) is 98.4 Å². The second-order valence-corrected chi connectivity index (χ2v) is 9.87. The molecule has 7 heteroatoms. The number of hydrogen-bond donors (Lipinski definition) is 2. The molecule has 0 aliphatic rings. The van der Waals surface area contributed by atoms with E-state index >= 15 is 0 Å². The lowest BCUT2D eigenvalue weighted by atomic mass is 9.95. The molecule has 186 valence electrons. The first-order chi connectivity index (χ1) is 15.4. The number of ether oxygens (including phenoxy) is 1. The predicted octanol–water partition coefficient (Wildman–Crippen LogP) is 4.82. The molecule has 2 N–H and O–H groups in total. The van der Waals surface area contributed by atoms with Crippen molar-refractivity contribution in [1.82, 2.24) is 15.5 Å². The van der Waals surface area contributed by atoms with E-state index < -0.39 is 23.8 Å². The van der Waals surface area contributed by atoms with Gasteiger partial charge in [0.2, 0.25) is 11.8 Å². The van der Waals surface area contributed by atoms with Gasteiger partial charge in [0.25, 0.3) is 0 Å². The molecule has 0 aliphatic heterocycles. The second-order valence-electron chi connectivity index (χ2n) is 9.87. The Labute approximate surface area is 199 Å². The summed E-state index contributed by atoms with van der Waals surface area (Å²) in [6.45, 7) is 15.5. The fourth-order valence-electron chi connectivity index (χ4n) is 3.46. The number of alkyl carbamates (subject to hydrolysis) is 1. The molecule has 0 bridgehead atoms. The lowest BCUT2D eigenvalue weighted by molar-refractivity contribution is -0.143. The van der Waals surface area contributed by atoms with Crippen molar-refractivity contribution in [3.8, 4) is 0 Å². The van der Waals surface area contributed by atoms with Crippen LogP contribution in [0.2, 0.25) is 0 Å². The van der Waals surface area contributed by atoms with E-state index in [-0.39, 0.29) is 23.8 Å². The Kier molecular flexibility index (Phi) is 11.4. The number of carbonyl (C=O) groups excluding carboxylic acids is 3. The second kappa shape index (κ2) is 13.2. The summed E-state index contributed by atoms with van der Waals surface area (Å²) in [4.78, 5) is 41.4. The van der Waals surface area contributed by atoms with Crippen LogP contribution in [0, 0.1) is 5.92 Å². The Morgan fingerprint density at radius 1 is 1.00 bits per heavy atom. The Morgan fingerprint density at radius 2 is 1.61 bits per heavy atom. The van der Waals surface area contributed by atoms with Crippen LogP contribution in [0.1, 0.15) is 86.3 Å². The highest BCUT2D eigenvalue weighted by Crippen LogP contribution is 2.25. The van der Waals surface area contributed by atoms with Gasteiger partial charge in [-0.05, 0) is 52.5 Å². The minimum atomic E-state index is -0.806. The summed E-state index contributed by atoms with van der Waals surface area (Å²) >= 11 is 0. The van der Waals surface area contributed by atoms with Gasteiger partial charge in [0, 0.05) is 12.6 Å². The number of amides is 3. The summed E-state index contributed by atoms with van der Waals surface area (Å²) in [7, 11) is 0. The summed E-state index contributed by atoms with van der Waals surface area (Å²) in [5, 5.41) is 5.75. The molecule has 3 amide bonds. The van der Waals surface area contributed by atoms with E-state index in [2.05, 4.69) is 10.6 Å². The van der Waals surface area contributed by atoms with Crippen LogP contribution in [-0.2, 0) is 14.3 Å². The zero-order chi connectivity index (χ0) is 25.2. The van der Waals surface area contributed by atoms with Crippen LogP contribution in [0.4, 0.5) is 4.79 Å². The minimum Gasteiger partial charge on any atom is -0.444 e. The lowest BCUT2D eigenvalue weighted by Crippen LogP contribution is -2.55. The summed E-state index contributed by atoms with van der Waals surface area (Å²) in [5.74, 6) is -0.657. The molecule has 0 aromatic heterocycles. The third-order valence-corrected chi connectivity index (χ3v) is 5.29. The molecule has 7 nitrogen and oxygen atoms in total. The molecule has 0 spiro atoms. The van der Waals surface area contributed by atoms with Gasteiger partial charge >= 0.3 is 6.09 Å². The van der Waals surface area contributed by atoms with Gasteiger partial charge in [-0.3, -0.25) is 9.59 Å². The van der Waals surface area contributed by atoms with E-state index in [1.165, 1.54) is 0 Å². The van der Waals surface area contributed by atoms with Crippen LogP contribution >= 0.6 is 0 Å². The van der Waals surface area contributed by atoms with Crippen molar-refractivity contribution < 1.29 is 19.1 Å². The molecule has 1 rings (SSSR count). The van der Waals surface area contributed by atoms with Crippen LogP contribution in [-0.4, -0.2) is 47.0 Å². The highest BCUT2D eigenvalue weighted by Gasteiger charge is 2.37. The number of unbranched alkanes of at least 4 members (excludes halogenated alkanes) is 1. The van der Waals surface area contributed by atoms with E-state index in [4.69, 9.17) is 4.74 Å². The van der Waals surface area contributed by atoms with E-state index in [0.29, 0.717) is 13.0 Å².